The van der Waals surface area contributed by atoms with Gasteiger partial charge in [0.2, 0.25) is 0 Å². The molecule has 1 N–H and O–H groups in total. The van der Waals surface area contributed by atoms with Gasteiger partial charge in [-0.05, 0) is 35.4 Å². The van der Waals surface area contributed by atoms with Gasteiger partial charge in [-0.1, -0.05) is 6.07 Å². The summed E-state index contributed by atoms with van der Waals surface area (Å²) in [7, 11) is 0. The van der Waals surface area contributed by atoms with Crippen molar-refractivity contribution >= 4 is 5.69 Å². The van der Waals surface area contributed by atoms with Crippen LogP contribution in [0.1, 0.15) is 11.1 Å². The zero-order chi connectivity index (χ0) is 11.7. The molecular formula is C13H12FN3. The van der Waals surface area contributed by atoms with Gasteiger partial charge >= 0.3 is 0 Å². The molecule has 3 rings (SSSR count). The quantitative estimate of drug-likeness (QED) is 0.857. The minimum absolute atomic E-state index is 0.172. The normalized spacial score (nSPS) is 14.6. The first-order valence-corrected chi connectivity index (χ1v) is 5.50. The molecule has 86 valence electrons. The van der Waals surface area contributed by atoms with Crippen LogP contribution >= 0.6 is 0 Å². The van der Waals surface area contributed by atoms with Gasteiger partial charge in [0.05, 0.1) is 5.69 Å². The molecule has 0 atom stereocenters. The molecule has 0 saturated carbocycles. The van der Waals surface area contributed by atoms with Gasteiger partial charge in [-0.2, -0.15) is 0 Å². The van der Waals surface area contributed by atoms with E-state index in [1.54, 1.807) is 18.5 Å². The first kappa shape index (κ1) is 10.2. The summed E-state index contributed by atoms with van der Waals surface area (Å²) in [6, 6.07) is 8.77. The smallest absolute Gasteiger partial charge is 0.123 e. The number of hydrazine groups is 1. The summed E-state index contributed by atoms with van der Waals surface area (Å²) in [6.07, 6.45) is 3.48. The number of nitrogens with zero attached hydrogens (tertiary/aromatic N) is 2. The highest BCUT2D eigenvalue weighted by atomic mass is 19.1. The van der Waals surface area contributed by atoms with Crippen LogP contribution in [0.15, 0.2) is 42.7 Å². The van der Waals surface area contributed by atoms with Crippen molar-refractivity contribution in [3.05, 3.63) is 59.7 Å². The third-order valence-electron chi connectivity index (χ3n) is 2.86. The predicted molar refractivity (Wildman–Crippen MR) is 63.5 cm³/mol. The van der Waals surface area contributed by atoms with Crippen LogP contribution in [0.5, 0.6) is 0 Å². The van der Waals surface area contributed by atoms with Crippen LogP contribution in [0.2, 0.25) is 0 Å². The van der Waals surface area contributed by atoms with Crippen molar-refractivity contribution in [1.82, 2.24) is 9.99 Å². The number of pyridine rings is 1. The Morgan fingerprint density at radius 1 is 1.06 bits per heavy atom. The summed E-state index contributed by atoms with van der Waals surface area (Å²) in [5.74, 6) is -0.172. The predicted octanol–water partition coefficient (Wildman–Crippen LogP) is 2.56. The fourth-order valence-corrected chi connectivity index (χ4v) is 2.05. The van der Waals surface area contributed by atoms with Crippen LogP contribution in [0.4, 0.5) is 10.1 Å². The molecule has 3 nitrogen and oxygen atoms in total. The maximum absolute atomic E-state index is 13.1. The van der Waals surface area contributed by atoms with Gasteiger partial charge in [0.1, 0.15) is 5.82 Å². The van der Waals surface area contributed by atoms with Crippen molar-refractivity contribution < 1.29 is 4.39 Å². The summed E-state index contributed by atoms with van der Waals surface area (Å²) in [5, 5.41) is 2.06. The molecule has 0 bridgehead atoms. The van der Waals surface area contributed by atoms with Crippen molar-refractivity contribution in [1.29, 1.82) is 0 Å². The molecule has 4 heteroatoms. The molecule has 0 saturated heterocycles. The molecule has 0 radical (unpaired) electrons. The van der Waals surface area contributed by atoms with E-state index in [9.17, 15) is 4.39 Å². The molecule has 0 spiro atoms. The van der Waals surface area contributed by atoms with Crippen molar-refractivity contribution in [3.63, 3.8) is 0 Å². The summed E-state index contributed by atoms with van der Waals surface area (Å²) in [5.41, 5.74) is 6.49. The van der Waals surface area contributed by atoms with Gasteiger partial charge in [0.15, 0.2) is 0 Å². The molecule has 2 aromatic rings. The molecular weight excluding hydrogens is 217 g/mol. The number of benzene rings is 1. The zero-order valence-electron chi connectivity index (χ0n) is 9.23. The lowest BCUT2D eigenvalue weighted by molar-refractivity contribution is 0.347. The van der Waals surface area contributed by atoms with Gasteiger partial charge < -0.3 is 5.43 Å². The van der Waals surface area contributed by atoms with Crippen LogP contribution < -0.4 is 5.43 Å². The van der Waals surface area contributed by atoms with Crippen LogP contribution in [-0.2, 0) is 13.1 Å². The van der Waals surface area contributed by atoms with E-state index in [4.69, 9.17) is 0 Å². The van der Waals surface area contributed by atoms with Crippen LogP contribution in [-0.4, -0.2) is 9.99 Å². The maximum Gasteiger partial charge on any atom is 0.123 e. The Morgan fingerprint density at radius 3 is 2.65 bits per heavy atom. The summed E-state index contributed by atoms with van der Waals surface area (Å²) < 4.78 is 13.1. The Hall–Kier alpha value is -1.94. The van der Waals surface area contributed by atoms with Crippen molar-refractivity contribution in [3.8, 4) is 0 Å². The lowest BCUT2D eigenvalue weighted by Gasteiger charge is -2.17. The average molecular weight is 229 g/mol. The van der Waals surface area contributed by atoms with Crippen molar-refractivity contribution in [2.75, 3.05) is 5.43 Å². The van der Waals surface area contributed by atoms with E-state index in [0.717, 1.165) is 24.3 Å². The second kappa shape index (κ2) is 4.14. The number of anilines is 1. The highest BCUT2D eigenvalue weighted by Crippen LogP contribution is 2.23. The molecule has 17 heavy (non-hydrogen) atoms. The Morgan fingerprint density at radius 2 is 1.82 bits per heavy atom. The minimum Gasteiger partial charge on any atom is -0.318 e. The number of fused-ring (bicyclic) bond motifs is 1. The molecule has 1 aromatic heterocycles. The monoisotopic (exact) mass is 229 g/mol. The van der Waals surface area contributed by atoms with Gasteiger partial charge in [-0.3, -0.25) is 4.98 Å². The fourth-order valence-electron chi connectivity index (χ4n) is 2.05. The zero-order valence-corrected chi connectivity index (χ0v) is 9.23. The highest BCUT2D eigenvalue weighted by molar-refractivity contribution is 5.41. The number of halogens is 1. The first-order chi connectivity index (χ1) is 8.31. The largest absolute Gasteiger partial charge is 0.318 e. The molecule has 0 aliphatic carbocycles. The maximum atomic E-state index is 13.1. The third-order valence-corrected chi connectivity index (χ3v) is 2.86. The second-order valence-electron chi connectivity index (χ2n) is 4.12. The number of nitrogens with one attached hydrogen (secondary N) is 1. The van der Waals surface area contributed by atoms with E-state index in [0.29, 0.717) is 0 Å². The first-order valence-electron chi connectivity index (χ1n) is 5.50. The Bertz CT molecular complexity index is 527. The van der Waals surface area contributed by atoms with Crippen molar-refractivity contribution in [2.45, 2.75) is 13.1 Å². The summed E-state index contributed by atoms with van der Waals surface area (Å²) in [6.45, 7) is 1.51. The molecule has 1 aliphatic heterocycles. The number of hydrogen-bond acceptors (Lipinski definition) is 3. The number of rotatable bonds is 2. The molecule has 1 aliphatic rings. The molecule has 0 unspecified atom stereocenters. The Labute approximate surface area is 98.9 Å². The van der Waals surface area contributed by atoms with Crippen LogP contribution in [0.25, 0.3) is 0 Å². The highest BCUT2D eigenvalue weighted by Gasteiger charge is 2.18. The topological polar surface area (TPSA) is 28.2 Å². The third kappa shape index (κ3) is 2.12. The van der Waals surface area contributed by atoms with E-state index < -0.39 is 0 Å². The summed E-state index contributed by atoms with van der Waals surface area (Å²) >= 11 is 0. The SMILES string of the molecule is Fc1ccc2c(c1)CN(Nc1ccncc1)C2. The second-order valence-corrected chi connectivity index (χ2v) is 4.12. The Balaban J connectivity index is 1.74. The van der Waals surface area contributed by atoms with E-state index in [1.807, 2.05) is 18.2 Å². The van der Waals surface area contributed by atoms with Gasteiger partial charge in [0.25, 0.3) is 0 Å². The Kier molecular flexibility index (Phi) is 2.49. The van der Waals surface area contributed by atoms with E-state index in [2.05, 4.69) is 15.4 Å². The van der Waals surface area contributed by atoms with E-state index >= 15 is 0 Å². The average Bonchev–Trinajstić information content (AvgIpc) is 2.71. The number of aromatic nitrogens is 1. The minimum atomic E-state index is -0.172. The molecule has 0 amide bonds. The van der Waals surface area contributed by atoms with Crippen molar-refractivity contribution in [2.24, 2.45) is 0 Å². The number of hydrogen-bond donors (Lipinski definition) is 1. The van der Waals surface area contributed by atoms with Gasteiger partial charge in [-0.15, -0.1) is 0 Å². The van der Waals surface area contributed by atoms with E-state index in [1.165, 1.54) is 11.6 Å². The fraction of sp³-hybridized carbons (Fsp3) is 0.154. The molecule has 0 fully saturated rings. The standard InChI is InChI=1S/C13H12FN3/c14-12-2-1-10-8-17(9-11(10)7-12)16-13-3-5-15-6-4-13/h1-7H,8-9H2,(H,15,16). The van der Waals surface area contributed by atoms with E-state index in [-0.39, 0.29) is 5.82 Å². The van der Waals surface area contributed by atoms with Gasteiger partial charge in [-0.25, -0.2) is 9.40 Å². The lowest BCUT2D eigenvalue weighted by Crippen LogP contribution is -2.23. The molecule has 2 heterocycles. The molecule has 1 aromatic carbocycles. The van der Waals surface area contributed by atoms with Crippen LogP contribution in [0, 0.1) is 5.82 Å². The lowest BCUT2D eigenvalue weighted by atomic mass is 10.1. The summed E-state index contributed by atoms with van der Waals surface area (Å²) in [4.78, 5) is 3.96. The van der Waals surface area contributed by atoms with Gasteiger partial charge in [0, 0.05) is 25.5 Å². The van der Waals surface area contributed by atoms with Crippen LogP contribution in [0.3, 0.4) is 0 Å².